The van der Waals surface area contributed by atoms with Crippen LogP contribution in [0.4, 0.5) is 5.82 Å². The van der Waals surface area contributed by atoms with Crippen molar-refractivity contribution in [1.29, 1.82) is 0 Å². The van der Waals surface area contributed by atoms with E-state index in [4.69, 9.17) is 0 Å². The molecule has 1 amide bonds. The monoisotopic (exact) mass is 416 g/mol. The third-order valence-corrected chi connectivity index (χ3v) is 6.42. The minimum Gasteiger partial charge on any atom is -0.481 e. The van der Waals surface area contributed by atoms with Crippen LogP contribution in [0.15, 0.2) is 24.4 Å². The van der Waals surface area contributed by atoms with E-state index in [9.17, 15) is 14.7 Å². The third kappa shape index (κ3) is 5.94. The van der Waals surface area contributed by atoms with Crippen molar-refractivity contribution >= 4 is 17.7 Å². The summed E-state index contributed by atoms with van der Waals surface area (Å²) in [6, 6.07) is 6.01. The molecule has 2 unspecified atom stereocenters. The molecule has 1 aromatic rings. The molecule has 0 bridgehead atoms. The van der Waals surface area contributed by atoms with Crippen LogP contribution in [0.1, 0.15) is 40.0 Å². The van der Waals surface area contributed by atoms with Crippen LogP contribution in [-0.4, -0.2) is 77.6 Å². The summed E-state index contributed by atoms with van der Waals surface area (Å²) in [4.78, 5) is 35.3. The van der Waals surface area contributed by atoms with Gasteiger partial charge in [-0.05, 0) is 43.4 Å². The number of amides is 1. The van der Waals surface area contributed by atoms with E-state index in [-0.39, 0.29) is 24.2 Å². The number of hydrogen-bond donors (Lipinski definition) is 1. The summed E-state index contributed by atoms with van der Waals surface area (Å²) in [5, 5.41) is 9.34. The number of carbonyl (C=O) groups is 2. The molecular weight excluding hydrogens is 380 g/mol. The van der Waals surface area contributed by atoms with Crippen LogP contribution < -0.4 is 4.90 Å². The maximum atomic E-state index is 12.8. The zero-order valence-electron chi connectivity index (χ0n) is 18.6. The van der Waals surface area contributed by atoms with E-state index in [1.165, 1.54) is 0 Å². The molecule has 0 aliphatic carbocycles. The lowest BCUT2D eigenvalue weighted by Gasteiger charge is -2.42. The SMILES string of the molecule is CC(C)(C)C(=O)N1CCC(CC(=O)O)C(CCN2CCN(c3ccccn3)CC2)C1. The van der Waals surface area contributed by atoms with Crippen LogP contribution in [-0.2, 0) is 9.59 Å². The van der Waals surface area contributed by atoms with E-state index in [0.29, 0.717) is 13.1 Å². The van der Waals surface area contributed by atoms with E-state index >= 15 is 0 Å². The van der Waals surface area contributed by atoms with Gasteiger partial charge in [0.25, 0.3) is 0 Å². The number of aromatic nitrogens is 1. The number of carboxylic acid groups (broad SMARTS) is 1. The molecule has 1 aromatic heterocycles. The molecule has 3 rings (SSSR count). The van der Waals surface area contributed by atoms with E-state index in [2.05, 4.69) is 20.9 Å². The average Bonchev–Trinajstić information content (AvgIpc) is 2.72. The highest BCUT2D eigenvalue weighted by atomic mass is 16.4. The zero-order chi connectivity index (χ0) is 21.7. The molecule has 1 N–H and O–H groups in total. The van der Waals surface area contributed by atoms with Crippen molar-refractivity contribution in [2.75, 3.05) is 50.7 Å². The second-order valence-electron chi connectivity index (χ2n) is 9.71. The van der Waals surface area contributed by atoms with Gasteiger partial charge < -0.3 is 14.9 Å². The molecule has 0 aromatic carbocycles. The highest BCUT2D eigenvalue weighted by Crippen LogP contribution is 2.32. The number of piperidine rings is 1. The maximum Gasteiger partial charge on any atom is 0.303 e. The molecule has 2 aliphatic heterocycles. The van der Waals surface area contributed by atoms with Gasteiger partial charge in [0.15, 0.2) is 0 Å². The number of rotatable bonds is 6. The number of carboxylic acids is 1. The van der Waals surface area contributed by atoms with Crippen molar-refractivity contribution in [3.63, 3.8) is 0 Å². The van der Waals surface area contributed by atoms with Gasteiger partial charge in [0.1, 0.15) is 5.82 Å². The van der Waals surface area contributed by atoms with Gasteiger partial charge in [0, 0.05) is 57.3 Å². The molecule has 0 saturated carbocycles. The lowest BCUT2D eigenvalue weighted by atomic mass is 9.80. The van der Waals surface area contributed by atoms with Crippen LogP contribution in [0.2, 0.25) is 0 Å². The number of carbonyl (C=O) groups excluding carboxylic acids is 1. The lowest BCUT2D eigenvalue weighted by Crippen LogP contribution is -2.50. The largest absolute Gasteiger partial charge is 0.481 e. The molecule has 2 saturated heterocycles. The van der Waals surface area contributed by atoms with Gasteiger partial charge in [0.2, 0.25) is 5.91 Å². The first-order chi connectivity index (χ1) is 14.2. The van der Waals surface area contributed by atoms with Gasteiger partial charge in [0.05, 0.1) is 0 Å². The second kappa shape index (κ2) is 9.77. The van der Waals surface area contributed by atoms with Gasteiger partial charge in [-0.15, -0.1) is 0 Å². The number of pyridine rings is 1. The Morgan fingerprint density at radius 2 is 1.83 bits per heavy atom. The average molecular weight is 417 g/mol. The minimum atomic E-state index is -0.732. The number of aliphatic carboxylic acids is 1. The van der Waals surface area contributed by atoms with Crippen LogP contribution in [0.25, 0.3) is 0 Å². The molecule has 2 fully saturated rings. The summed E-state index contributed by atoms with van der Waals surface area (Å²) in [6.45, 7) is 12.0. The third-order valence-electron chi connectivity index (χ3n) is 6.42. The Hall–Kier alpha value is -2.15. The van der Waals surface area contributed by atoms with Crippen LogP contribution >= 0.6 is 0 Å². The van der Waals surface area contributed by atoms with Gasteiger partial charge in [-0.1, -0.05) is 26.8 Å². The number of piperazine rings is 1. The molecule has 0 spiro atoms. The standard InChI is InChI=1S/C23H36N4O3/c1-23(2,3)22(30)27-11-8-18(16-21(28)29)19(17-27)7-10-25-12-14-26(15-13-25)20-6-4-5-9-24-20/h4-6,9,18-19H,7-8,10-17H2,1-3H3,(H,28,29). The zero-order valence-corrected chi connectivity index (χ0v) is 18.6. The predicted molar refractivity (Wildman–Crippen MR) is 117 cm³/mol. The molecule has 7 heteroatoms. The van der Waals surface area contributed by atoms with Crippen LogP contribution in [0, 0.1) is 17.3 Å². The Balaban J connectivity index is 1.54. The summed E-state index contributed by atoms with van der Waals surface area (Å²) in [7, 11) is 0. The summed E-state index contributed by atoms with van der Waals surface area (Å²) >= 11 is 0. The number of nitrogens with zero attached hydrogens (tertiary/aromatic N) is 4. The van der Waals surface area contributed by atoms with Crippen molar-refractivity contribution in [2.45, 2.75) is 40.0 Å². The summed E-state index contributed by atoms with van der Waals surface area (Å²) in [6.07, 6.45) is 3.76. The fourth-order valence-corrected chi connectivity index (χ4v) is 4.65. The summed E-state index contributed by atoms with van der Waals surface area (Å²) in [5.74, 6) is 0.869. The maximum absolute atomic E-state index is 12.8. The van der Waals surface area contributed by atoms with Crippen LogP contribution in [0.5, 0.6) is 0 Å². The summed E-state index contributed by atoms with van der Waals surface area (Å²) < 4.78 is 0. The van der Waals surface area contributed by atoms with E-state index in [0.717, 1.165) is 51.4 Å². The first-order valence-corrected chi connectivity index (χ1v) is 11.1. The van der Waals surface area contributed by atoms with Crippen molar-refractivity contribution < 1.29 is 14.7 Å². The highest BCUT2D eigenvalue weighted by molar-refractivity contribution is 5.81. The fraction of sp³-hybridized carbons (Fsp3) is 0.696. The van der Waals surface area contributed by atoms with Gasteiger partial charge in [-0.25, -0.2) is 4.98 Å². The highest BCUT2D eigenvalue weighted by Gasteiger charge is 2.36. The van der Waals surface area contributed by atoms with E-state index < -0.39 is 11.4 Å². The number of hydrogen-bond acceptors (Lipinski definition) is 5. The molecule has 166 valence electrons. The molecule has 0 radical (unpaired) electrons. The first-order valence-electron chi connectivity index (χ1n) is 11.1. The molecule has 30 heavy (non-hydrogen) atoms. The van der Waals surface area contributed by atoms with Crippen LogP contribution in [0.3, 0.4) is 0 Å². The molecule has 3 heterocycles. The molecule has 2 aliphatic rings. The van der Waals surface area contributed by atoms with Crippen molar-refractivity contribution in [3.05, 3.63) is 24.4 Å². The number of anilines is 1. The Morgan fingerprint density at radius 3 is 2.43 bits per heavy atom. The predicted octanol–water partition coefficient (Wildman–Crippen LogP) is 2.58. The smallest absolute Gasteiger partial charge is 0.303 e. The van der Waals surface area contributed by atoms with E-state index in [1.807, 2.05) is 44.0 Å². The van der Waals surface area contributed by atoms with E-state index in [1.54, 1.807) is 0 Å². The Morgan fingerprint density at radius 1 is 1.10 bits per heavy atom. The Bertz CT molecular complexity index is 711. The minimum absolute atomic E-state index is 0.154. The molecule has 2 atom stereocenters. The second-order valence-corrected chi connectivity index (χ2v) is 9.71. The van der Waals surface area contributed by atoms with Crippen molar-refractivity contribution in [3.8, 4) is 0 Å². The van der Waals surface area contributed by atoms with Crippen molar-refractivity contribution in [2.24, 2.45) is 17.3 Å². The molecule has 7 nitrogen and oxygen atoms in total. The lowest BCUT2D eigenvalue weighted by molar-refractivity contribution is -0.143. The number of likely N-dealkylation sites (tertiary alicyclic amines) is 1. The van der Waals surface area contributed by atoms with Crippen molar-refractivity contribution in [1.82, 2.24) is 14.8 Å². The summed E-state index contributed by atoms with van der Waals surface area (Å²) in [5.41, 5.74) is -0.397. The fourth-order valence-electron chi connectivity index (χ4n) is 4.65. The first kappa shape index (κ1) is 22.5. The van der Waals surface area contributed by atoms with Gasteiger partial charge in [-0.2, -0.15) is 0 Å². The normalized spacial score (nSPS) is 23.4. The molecular formula is C23H36N4O3. The van der Waals surface area contributed by atoms with Gasteiger partial charge >= 0.3 is 5.97 Å². The Kier molecular flexibility index (Phi) is 7.34. The van der Waals surface area contributed by atoms with Gasteiger partial charge in [-0.3, -0.25) is 14.5 Å². The Labute approximate surface area is 180 Å². The topological polar surface area (TPSA) is 77.0 Å². The quantitative estimate of drug-likeness (QED) is 0.768.